The lowest BCUT2D eigenvalue weighted by Crippen LogP contribution is -2.35. The molecule has 0 aliphatic heterocycles. The summed E-state index contributed by atoms with van der Waals surface area (Å²) >= 11 is 0. The zero-order chi connectivity index (χ0) is 16.0. The van der Waals surface area contributed by atoms with Gasteiger partial charge in [-0.1, -0.05) is 13.3 Å². The molecule has 6 heteroatoms. The van der Waals surface area contributed by atoms with Crippen molar-refractivity contribution in [1.82, 2.24) is 5.32 Å². The zero-order valence-electron chi connectivity index (χ0n) is 12.8. The van der Waals surface area contributed by atoms with Crippen molar-refractivity contribution in [1.29, 1.82) is 0 Å². The number of aryl methyl sites for hydroxylation is 2. The molecule has 0 bridgehead atoms. The van der Waals surface area contributed by atoms with E-state index in [0.717, 1.165) is 12.8 Å². The van der Waals surface area contributed by atoms with E-state index in [1.807, 2.05) is 13.8 Å². The van der Waals surface area contributed by atoms with Gasteiger partial charge in [0.25, 0.3) is 5.91 Å². The molecule has 0 spiro atoms. The van der Waals surface area contributed by atoms with Crippen LogP contribution >= 0.6 is 0 Å². The first-order valence-corrected chi connectivity index (χ1v) is 6.93. The van der Waals surface area contributed by atoms with Crippen LogP contribution in [0.3, 0.4) is 0 Å². The molecule has 6 nitrogen and oxygen atoms in total. The molecule has 1 atom stereocenters. The fourth-order valence-corrected chi connectivity index (χ4v) is 2.09. The van der Waals surface area contributed by atoms with Crippen molar-refractivity contribution in [2.24, 2.45) is 0 Å². The molecule has 1 aromatic rings. The molecule has 1 amide bonds. The highest BCUT2D eigenvalue weighted by atomic mass is 16.5. The van der Waals surface area contributed by atoms with Crippen molar-refractivity contribution >= 4 is 11.9 Å². The second-order valence-electron chi connectivity index (χ2n) is 5.01. The fourth-order valence-electron chi connectivity index (χ4n) is 2.09. The van der Waals surface area contributed by atoms with Gasteiger partial charge in [-0.05, 0) is 32.8 Å². The summed E-state index contributed by atoms with van der Waals surface area (Å²) in [6.07, 6.45) is 1.82. The number of hydrogen-bond donors (Lipinski definition) is 1. The Labute approximate surface area is 123 Å². The van der Waals surface area contributed by atoms with Crippen molar-refractivity contribution in [3.63, 3.8) is 0 Å². The van der Waals surface area contributed by atoms with Gasteiger partial charge < -0.3 is 14.5 Å². The van der Waals surface area contributed by atoms with E-state index in [-0.39, 0.29) is 29.9 Å². The Bertz CT molecular complexity index is 550. The summed E-state index contributed by atoms with van der Waals surface area (Å²) in [6, 6.07) is 1.26. The van der Waals surface area contributed by atoms with E-state index in [1.54, 1.807) is 6.92 Å². The Morgan fingerprint density at radius 3 is 2.62 bits per heavy atom. The number of ether oxygens (including phenoxy) is 1. The van der Waals surface area contributed by atoms with Gasteiger partial charge in [-0.3, -0.25) is 4.79 Å². The topological polar surface area (TPSA) is 85.6 Å². The largest absolute Gasteiger partial charge is 0.452 e. The van der Waals surface area contributed by atoms with Gasteiger partial charge >= 0.3 is 11.6 Å². The maximum atomic E-state index is 11.9. The van der Waals surface area contributed by atoms with Crippen LogP contribution in [0.1, 0.15) is 48.4 Å². The van der Waals surface area contributed by atoms with Gasteiger partial charge in [0.05, 0.1) is 0 Å². The van der Waals surface area contributed by atoms with Crippen LogP contribution in [0.4, 0.5) is 0 Å². The Kier molecular flexibility index (Phi) is 6.14. The summed E-state index contributed by atoms with van der Waals surface area (Å²) in [7, 11) is 0. The molecule has 21 heavy (non-hydrogen) atoms. The number of esters is 1. The predicted octanol–water partition coefficient (Wildman–Crippen LogP) is 1.72. The monoisotopic (exact) mass is 295 g/mol. The van der Waals surface area contributed by atoms with Crippen LogP contribution in [0.5, 0.6) is 0 Å². The van der Waals surface area contributed by atoms with Crippen LogP contribution in [-0.2, 0) is 9.53 Å². The third-order valence-electron chi connectivity index (χ3n) is 3.00. The standard InChI is InChI=1S/C15H21NO5/c1-5-6-10(3)16-12(17)8-20-15(19)14-9(2)7-13(18)21-11(14)4/h7,10H,5-6,8H2,1-4H3,(H,16,17). The Hall–Kier alpha value is -2.11. The summed E-state index contributed by atoms with van der Waals surface area (Å²) in [5, 5.41) is 2.74. The summed E-state index contributed by atoms with van der Waals surface area (Å²) in [5.74, 6) is -0.839. The molecule has 1 N–H and O–H groups in total. The van der Waals surface area contributed by atoms with Gasteiger partial charge in [0.1, 0.15) is 11.3 Å². The molecule has 1 aromatic heterocycles. The Balaban J connectivity index is 2.63. The van der Waals surface area contributed by atoms with Crippen molar-refractivity contribution in [3.8, 4) is 0 Å². The quantitative estimate of drug-likeness (QED) is 0.808. The van der Waals surface area contributed by atoms with Gasteiger partial charge in [-0.2, -0.15) is 0 Å². The van der Waals surface area contributed by atoms with Crippen molar-refractivity contribution in [3.05, 3.63) is 33.4 Å². The number of hydrogen-bond acceptors (Lipinski definition) is 5. The minimum Gasteiger partial charge on any atom is -0.452 e. The molecule has 0 saturated carbocycles. The van der Waals surface area contributed by atoms with Crippen LogP contribution in [0.25, 0.3) is 0 Å². The minimum atomic E-state index is -0.674. The number of amides is 1. The van der Waals surface area contributed by atoms with Crippen molar-refractivity contribution < 1.29 is 18.7 Å². The third kappa shape index (κ3) is 5.06. The highest BCUT2D eigenvalue weighted by Crippen LogP contribution is 2.12. The molecule has 0 aliphatic rings. The molecule has 0 aromatic carbocycles. The predicted molar refractivity (Wildman–Crippen MR) is 77.2 cm³/mol. The maximum Gasteiger partial charge on any atom is 0.342 e. The molecule has 0 radical (unpaired) electrons. The SMILES string of the molecule is CCCC(C)NC(=O)COC(=O)c1c(C)cc(=O)oc1C. The smallest absolute Gasteiger partial charge is 0.342 e. The third-order valence-corrected chi connectivity index (χ3v) is 3.00. The summed E-state index contributed by atoms with van der Waals surface area (Å²) < 4.78 is 9.81. The minimum absolute atomic E-state index is 0.0411. The van der Waals surface area contributed by atoms with Crippen molar-refractivity contribution in [2.75, 3.05) is 6.61 Å². The molecular formula is C15H21NO5. The van der Waals surface area contributed by atoms with E-state index in [2.05, 4.69) is 5.32 Å². The van der Waals surface area contributed by atoms with Crippen LogP contribution in [0.2, 0.25) is 0 Å². The van der Waals surface area contributed by atoms with Crippen LogP contribution in [-0.4, -0.2) is 24.5 Å². The number of rotatable bonds is 6. The Morgan fingerprint density at radius 2 is 2.05 bits per heavy atom. The zero-order valence-corrected chi connectivity index (χ0v) is 12.8. The van der Waals surface area contributed by atoms with Gasteiger partial charge in [0, 0.05) is 12.1 Å². The normalized spacial score (nSPS) is 11.8. The van der Waals surface area contributed by atoms with Gasteiger partial charge in [-0.25, -0.2) is 9.59 Å². The molecule has 0 saturated heterocycles. The molecular weight excluding hydrogens is 274 g/mol. The average Bonchev–Trinajstić information content (AvgIpc) is 2.35. The molecule has 1 unspecified atom stereocenters. The van der Waals surface area contributed by atoms with Gasteiger partial charge in [0.2, 0.25) is 0 Å². The molecule has 116 valence electrons. The van der Waals surface area contributed by atoms with Crippen LogP contribution < -0.4 is 10.9 Å². The fraction of sp³-hybridized carbons (Fsp3) is 0.533. The Morgan fingerprint density at radius 1 is 1.38 bits per heavy atom. The second-order valence-corrected chi connectivity index (χ2v) is 5.01. The van der Waals surface area contributed by atoms with Gasteiger partial charge in [0.15, 0.2) is 6.61 Å². The summed E-state index contributed by atoms with van der Waals surface area (Å²) in [5.41, 5.74) is 0.130. The van der Waals surface area contributed by atoms with E-state index in [9.17, 15) is 14.4 Å². The van der Waals surface area contributed by atoms with Crippen LogP contribution in [0, 0.1) is 13.8 Å². The maximum absolute atomic E-state index is 11.9. The second kappa shape index (κ2) is 7.61. The lowest BCUT2D eigenvalue weighted by molar-refractivity contribution is -0.124. The molecule has 1 heterocycles. The highest BCUT2D eigenvalue weighted by Gasteiger charge is 2.18. The number of carbonyl (C=O) groups is 2. The lowest BCUT2D eigenvalue weighted by atomic mass is 10.1. The first-order chi connectivity index (χ1) is 9.85. The van der Waals surface area contributed by atoms with Gasteiger partial charge in [-0.15, -0.1) is 0 Å². The van der Waals surface area contributed by atoms with Crippen LogP contribution in [0.15, 0.2) is 15.3 Å². The number of carbonyl (C=O) groups excluding carboxylic acids is 2. The first-order valence-electron chi connectivity index (χ1n) is 6.93. The van der Waals surface area contributed by atoms with E-state index in [0.29, 0.717) is 5.56 Å². The van der Waals surface area contributed by atoms with E-state index < -0.39 is 11.6 Å². The molecule has 0 aliphatic carbocycles. The average molecular weight is 295 g/mol. The summed E-state index contributed by atoms with van der Waals surface area (Å²) in [4.78, 5) is 34.7. The molecule has 0 fully saturated rings. The number of nitrogens with one attached hydrogen (secondary N) is 1. The van der Waals surface area contributed by atoms with E-state index in [1.165, 1.54) is 13.0 Å². The molecule has 1 rings (SSSR count). The van der Waals surface area contributed by atoms with E-state index in [4.69, 9.17) is 9.15 Å². The van der Waals surface area contributed by atoms with E-state index >= 15 is 0 Å². The summed E-state index contributed by atoms with van der Waals surface area (Å²) in [6.45, 7) is 6.68. The lowest BCUT2D eigenvalue weighted by Gasteiger charge is -2.13. The first kappa shape index (κ1) is 16.9. The van der Waals surface area contributed by atoms with Crippen molar-refractivity contribution in [2.45, 2.75) is 46.6 Å². The highest BCUT2D eigenvalue weighted by molar-refractivity contribution is 5.93.